The van der Waals surface area contributed by atoms with Gasteiger partial charge in [-0.25, -0.2) is 4.68 Å². The molecule has 30 heavy (non-hydrogen) atoms. The molecule has 1 aliphatic rings. The predicted molar refractivity (Wildman–Crippen MR) is 119 cm³/mol. The third-order valence-electron chi connectivity index (χ3n) is 5.18. The predicted octanol–water partition coefficient (Wildman–Crippen LogP) is 3.81. The smallest absolute Gasteiger partial charge is 0.240 e. The van der Waals surface area contributed by atoms with Gasteiger partial charge in [-0.3, -0.25) is 4.79 Å². The van der Waals surface area contributed by atoms with E-state index in [1.807, 2.05) is 60.1 Å². The third-order valence-corrected chi connectivity index (χ3v) is 6.40. The van der Waals surface area contributed by atoms with E-state index in [-0.39, 0.29) is 11.9 Å². The Morgan fingerprint density at radius 2 is 1.83 bits per heavy atom. The maximum atomic E-state index is 13.3. The summed E-state index contributed by atoms with van der Waals surface area (Å²) in [6.45, 7) is 4.14. The van der Waals surface area contributed by atoms with Gasteiger partial charge in [0, 0.05) is 12.1 Å². The van der Waals surface area contributed by atoms with Gasteiger partial charge in [0.1, 0.15) is 11.0 Å². The number of aryl methyl sites for hydroxylation is 2. The van der Waals surface area contributed by atoms with Crippen LogP contribution in [0, 0.1) is 0 Å². The van der Waals surface area contributed by atoms with Crippen LogP contribution in [0.5, 0.6) is 5.75 Å². The summed E-state index contributed by atoms with van der Waals surface area (Å²) in [7, 11) is 1.64. The summed E-state index contributed by atoms with van der Waals surface area (Å²) in [4.78, 5) is 13.3. The first-order valence-electron chi connectivity index (χ1n) is 10.0. The third kappa shape index (κ3) is 4.00. The van der Waals surface area contributed by atoms with E-state index >= 15 is 0 Å². The van der Waals surface area contributed by atoms with Crippen molar-refractivity contribution >= 4 is 23.4 Å². The van der Waals surface area contributed by atoms with Crippen LogP contribution in [0.1, 0.15) is 36.8 Å². The van der Waals surface area contributed by atoms with E-state index in [1.165, 1.54) is 17.3 Å². The van der Waals surface area contributed by atoms with Crippen LogP contribution in [-0.4, -0.2) is 33.1 Å². The van der Waals surface area contributed by atoms with Gasteiger partial charge in [0.05, 0.1) is 13.2 Å². The zero-order chi connectivity index (χ0) is 21.1. The van der Waals surface area contributed by atoms with E-state index < -0.39 is 5.25 Å². The molecule has 3 aromatic rings. The molecule has 0 spiro atoms. The molecule has 0 saturated carbocycles. The minimum Gasteiger partial charge on any atom is -0.497 e. The summed E-state index contributed by atoms with van der Waals surface area (Å²) in [6, 6.07) is 15.5. The molecule has 156 valence electrons. The van der Waals surface area contributed by atoms with Crippen molar-refractivity contribution in [2.45, 2.75) is 43.1 Å². The number of thioether (sulfide) groups is 1. The number of carbonyl (C=O) groups is 1. The van der Waals surface area contributed by atoms with Crippen LogP contribution in [-0.2, 0) is 17.6 Å². The maximum Gasteiger partial charge on any atom is 0.240 e. The summed E-state index contributed by atoms with van der Waals surface area (Å²) in [5.41, 5.74) is 6.47. The number of methoxy groups -OCH3 is 1. The zero-order valence-corrected chi connectivity index (χ0v) is 18.1. The Kier molecular flexibility index (Phi) is 5.94. The number of aromatic nitrogens is 3. The average molecular weight is 424 g/mol. The van der Waals surface area contributed by atoms with E-state index in [0.29, 0.717) is 5.16 Å². The summed E-state index contributed by atoms with van der Waals surface area (Å²) in [5, 5.41) is 11.8. The number of fused-ring (bicyclic) bond motifs is 1. The highest BCUT2D eigenvalue weighted by Crippen LogP contribution is 2.38. The highest BCUT2D eigenvalue weighted by Gasteiger charge is 2.37. The molecular weight excluding hydrogens is 398 g/mol. The van der Waals surface area contributed by atoms with Gasteiger partial charge in [-0.15, -0.1) is 10.2 Å². The summed E-state index contributed by atoms with van der Waals surface area (Å²) < 4.78 is 7.17. The molecule has 0 radical (unpaired) electrons. The van der Waals surface area contributed by atoms with Crippen molar-refractivity contribution in [3.63, 3.8) is 0 Å². The molecule has 1 aliphatic heterocycles. The van der Waals surface area contributed by atoms with Crippen molar-refractivity contribution in [1.29, 1.82) is 0 Å². The van der Waals surface area contributed by atoms with E-state index in [1.54, 1.807) is 7.11 Å². The van der Waals surface area contributed by atoms with Crippen LogP contribution in [0.15, 0.2) is 53.7 Å². The molecule has 2 heterocycles. The van der Waals surface area contributed by atoms with Crippen LogP contribution in [0.2, 0.25) is 0 Å². The average Bonchev–Trinajstić information content (AvgIpc) is 3.21. The van der Waals surface area contributed by atoms with Gasteiger partial charge in [-0.1, -0.05) is 49.9 Å². The van der Waals surface area contributed by atoms with Crippen molar-refractivity contribution in [1.82, 2.24) is 14.9 Å². The number of hydrogen-bond donors (Lipinski definition) is 2. The number of benzene rings is 2. The fraction of sp³-hybridized carbons (Fsp3) is 0.318. The normalized spacial score (nSPS) is 17.7. The van der Waals surface area contributed by atoms with Crippen molar-refractivity contribution in [2.75, 3.05) is 17.9 Å². The quantitative estimate of drug-likeness (QED) is 0.628. The Morgan fingerprint density at radius 3 is 2.47 bits per heavy atom. The lowest BCUT2D eigenvalue weighted by molar-refractivity contribution is -0.116. The molecule has 4 rings (SSSR count). The molecule has 0 unspecified atom stereocenters. The minimum atomic E-state index is -0.411. The number of anilines is 1. The van der Waals surface area contributed by atoms with Gasteiger partial charge >= 0.3 is 0 Å². The lowest BCUT2D eigenvalue weighted by Gasteiger charge is -2.33. The Hall–Kier alpha value is -3.00. The summed E-state index contributed by atoms with van der Waals surface area (Å²) >= 11 is 1.42. The molecule has 2 N–H and O–H groups in total. The monoisotopic (exact) mass is 423 g/mol. The number of rotatable bonds is 6. The van der Waals surface area contributed by atoms with E-state index in [0.717, 1.165) is 35.7 Å². The highest BCUT2D eigenvalue weighted by atomic mass is 32.2. The van der Waals surface area contributed by atoms with Crippen molar-refractivity contribution in [3.8, 4) is 5.75 Å². The van der Waals surface area contributed by atoms with Gasteiger partial charge in [-0.05, 0) is 41.8 Å². The molecule has 0 saturated heterocycles. The number of hydrogen-bond acceptors (Lipinski definition) is 6. The fourth-order valence-electron chi connectivity index (χ4n) is 3.43. The van der Waals surface area contributed by atoms with E-state index in [4.69, 9.17) is 4.74 Å². The zero-order valence-electron chi connectivity index (χ0n) is 17.3. The maximum absolute atomic E-state index is 13.3. The Morgan fingerprint density at radius 1 is 1.10 bits per heavy atom. The van der Waals surface area contributed by atoms with Crippen LogP contribution < -0.4 is 15.5 Å². The standard InChI is InChI=1S/C22H25N5O2S/c1-4-14-6-10-16(11-7-14)23-21(28)20-19(15-8-12-17(29-3)13-9-15)26-27-18(5-2)24-25-22(27)30-20/h6-13,19-20,26H,4-5H2,1-3H3,(H,23,28)/t19-,20-/m0/s1. The largest absolute Gasteiger partial charge is 0.497 e. The van der Waals surface area contributed by atoms with Crippen LogP contribution in [0.4, 0.5) is 5.69 Å². The number of amides is 1. The van der Waals surface area contributed by atoms with Crippen LogP contribution in [0.25, 0.3) is 0 Å². The first kappa shape index (κ1) is 20.3. The number of ether oxygens (including phenoxy) is 1. The number of carbonyl (C=O) groups excluding carboxylic acids is 1. The first-order chi connectivity index (χ1) is 14.6. The second-order valence-electron chi connectivity index (χ2n) is 7.05. The van der Waals surface area contributed by atoms with Gasteiger partial charge in [0.15, 0.2) is 5.82 Å². The number of nitrogens with zero attached hydrogens (tertiary/aromatic N) is 3. The second-order valence-corrected chi connectivity index (χ2v) is 8.15. The van der Waals surface area contributed by atoms with Crippen molar-refractivity contribution in [2.24, 2.45) is 0 Å². The van der Waals surface area contributed by atoms with E-state index in [9.17, 15) is 4.79 Å². The van der Waals surface area contributed by atoms with Crippen LogP contribution in [0.3, 0.4) is 0 Å². The molecule has 0 bridgehead atoms. The molecular formula is C22H25N5O2S. The summed E-state index contributed by atoms with van der Waals surface area (Å²) in [5.74, 6) is 1.54. The molecule has 2 atom stereocenters. The molecule has 7 nitrogen and oxygen atoms in total. The van der Waals surface area contributed by atoms with Crippen molar-refractivity contribution in [3.05, 3.63) is 65.5 Å². The van der Waals surface area contributed by atoms with Crippen LogP contribution >= 0.6 is 11.8 Å². The molecule has 1 aromatic heterocycles. The van der Waals surface area contributed by atoms with Gasteiger partial charge < -0.3 is 15.5 Å². The van der Waals surface area contributed by atoms with Gasteiger partial charge in [-0.2, -0.15) is 0 Å². The molecule has 0 aliphatic carbocycles. The Bertz CT molecular complexity index is 1020. The second kappa shape index (κ2) is 8.79. The molecule has 2 aromatic carbocycles. The Balaban J connectivity index is 1.63. The molecule has 1 amide bonds. The molecule has 8 heteroatoms. The fourth-order valence-corrected chi connectivity index (χ4v) is 4.52. The van der Waals surface area contributed by atoms with Gasteiger partial charge in [0.25, 0.3) is 0 Å². The lowest BCUT2D eigenvalue weighted by Crippen LogP contribution is -2.41. The highest BCUT2D eigenvalue weighted by molar-refractivity contribution is 8.00. The number of nitrogens with one attached hydrogen (secondary N) is 2. The lowest BCUT2D eigenvalue weighted by atomic mass is 10.0. The topological polar surface area (TPSA) is 81.1 Å². The SMILES string of the molecule is CCc1ccc(NC(=O)[C@H]2Sc3nnc(CC)n3N[C@H]2c2ccc(OC)cc2)cc1. The van der Waals surface area contributed by atoms with E-state index in [2.05, 4.69) is 27.9 Å². The molecule has 0 fully saturated rings. The van der Waals surface area contributed by atoms with Gasteiger partial charge in [0.2, 0.25) is 11.1 Å². The first-order valence-corrected chi connectivity index (χ1v) is 10.9. The summed E-state index contributed by atoms with van der Waals surface area (Å²) in [6.07, 6.45) is 1.71. The Labute approximate surface area is 180 Å². The van der Waals surface area contributed by atoms with Crippen molar-refractivity contribution < 1.29 is 9.53 Å². The minimum absolute atomic E-state index is 0.0788.